The van der Waals surface area contributed by atoms with Crippen LogP contribution < -0.4 is 5.32 Å². The smallest absolute Gasteiger partial charge is 0.325 e. The first kappa shape index (κ1) is 19.6. The van der Waals surface area contributed by atoms with Gasteiger partial charge in [0.2, 0.25) is 5.91 Å². The van der Waals surface area contributed by atoms with E-state index in [1.165, 1.54) is 36.1 Å². The number of imide groups is 1. The van der Waals surface area contributed by atoms with E-state index >= 15 is 0 Å². The van der Waals surface area contributed by atoms with Crippen molar-refractivity contribution in [1.82, 2.24) is 25.1 Å². The Morgan fingerprint density at radius 1 is 1.17 bits per heavy atom. The fourth-order valence-electron chi connectivity index (χ4n) is 3.47. The Morgan fingerprint density at radius 2 is 1.87 bits per heavy atom. The van der Waals surface area contributed by atoms with Gasteiger partial charge in [-0.2, -0.15) is 0 Å². The second-order valence-electron chi connectivity index (χ2n) is 7.40. The first-order chi connectivity index (χ1) is 14.3. The summed E-state index contributed by atoms with van der Waals surface area (Å²) in [6.07, 6.45) is 0. The number of H-pyrrole nitrogens is 1. The molecule has 30 heavy (non-hydrogen) atoms. The fraction of sp³-hybridized carbons (Fsp3) is 0.238. The maximum Gasteiger partial charge on any atom is 0.325 e. The molecule has 4 rings (SSSR count). The number of halogens is 1. The summed E-state index contributed by atoms with van der Waals surface area (Å²) in [5, 5.41) is 2.60. The standard InChI is InChI=1S/C21H20FN5O3/c1-21(13-7-9-14(22)10-8-13)19(29)27(20(30)25-21)12-18(28)26(2)11-17-23-15-5-3-4-6-16(15)24-17/h3-10H,11-12H2,1-2H3,(H,23,24)(H,25,30). The molecule has 0 saturated carbocycles. The van der Waals surface area contributed by atoms with Crippen molar-refractivity contribution >= 4 is 28.9 Å². The molecule has 4 amide bonds. The van der Waals surface area contributed by atoms with Crippen LogP contribution in [0, 0.1) is 5.82 Å². The number of hydrogen-bond acceptors (Lipinski definition) is 4. The van der Waals surface area contributed by atoms with Crippen LogP contribution in [0.4, 0.5) is 9.18 Å². The summed E-state index contributed by atoms with van der Waals surface area (Å²) >= 11 is 0. The molecule has 0 aliphatic carbocycles. The summed E-state index contributed by atoms with van der Waals surface area (Å²) < 4.78 is 13.2. The molecule has 1 aromatic heterocycles. The van der Waals surface area contributed by atoms with Gasteiger partial charge in [-0.25, -0.2) is 14.2 Å². The molecule has 9 heteroatoms. The molecule has 1 saturated heterocycles. The number of para-hydroxylation sites is 2. The molecule has 154 valence electrons. The lowest BCUT2D eigenvalue weighted by atomic mass is 9.92. The van der Waals surface area contributed by atoms with E-state index in [9.17, 15) is 18.8 Å². The van der Waals surface area contributed by atoms with E-state index in [1.54, 1.807) is 7.05 Å². The predicted octanol–water partition coefficient (Wildman–Crippen LogP) is 2.13. The number of urea groups is 1. The highest BCUT2D eigenvalue weighted by Crippen LogP contribution is 2.29. The molecule has 0 bridgehead atoms. The molecule has 0 radical (unpaired) electrons. The van der Waals surface area contributed by atoms with Crippen LogP contribution in [0.25, 0.3) is 11.0 Å². The topological polar surface area (TPSA) is 98.4 Å². The number of likely N-dealkylation sites (N-methyl/N-ethyl adjacent to an activating group) is 1. The van der Waals surface area contributed by atoms with E-state index < -0.39 is 35.7 Å². The van der Waals surface area contributed by atoms with Gasteiger partial charge in [0, 0.05) is 7.05 Å². The van der Waals surface area contributed by atoms with Crippen LogP contribution in [0.1, 0.15) is 18.3 Å². The van der Waals surface area contributed by atoms with Crippen molar-refractivity contribution in [3.8, 4) is 0 Å². The first-order valence-electron chi connectivity index (χ1n) is 9.35. The van der Waals surface area contributed by atoms with Crippen LogP contribution in [0.3, 0.4) is 0 Å². The second kappa shape index (κ2) is 7.25. The quantitative estimate of drug-likeness (QED) is 0.631. The van der Waals surface area contributed by atoms with Gasteiger partial charge in [0.1, 0.15) is 23.7 Å². The van der Waals surface area contributed by atoms with Crippen LogP contribution in [0.2, 0.25) is 0 Å². The van der Waals surface area contributed by atoms with Crippen molar-refractivity contribution in [1.29, 1.82) is 0 Å². The average molecular weight is 409 g/mol. The number of carbonyl (C=O) groups is 3. The fourth-order valence-corrected chi connectivity index (χ4v) is 3.47. The Balaban J connectivity index is 1.46. The second-order valence-corrected chi connectivity index (χ2v) is 7.40. The van der Waals surface area contributed by atoms with Crippen molar-refractivity contribution in [2.75, 3.05) is 13.6 Å². The molecule has 0 spiro atoms. The van der Waals surface area contributed by atoms with Crippen molar-refractivity contribution < 1.29 is 18.8 Å². The SMILES string of the molecule is CN(Cc1nc2ccccc2[nH]1)C(=O)CN1C(=O)NC(C)(c2ccc(F)cc2)C1=O. The minimum atomic E-state index is -1.36. The number of aromatic amines is 1. The highest BCUT2D eigenvalue weighted by molar-refractivity contribution is 6.09. The summed E-state index contributed by atoms with van der Waals surface area (Å²) in [4.78, 5) is 47.8. The Morgan fingerprint density at radius 3 is 2.57 bits per heavy atom. The number of carbonyl (C=O) groups excluding carboxylic acids is 3. The molecular weight excluding hydrogens is 389 g/mol. The first-order valence-corrected chi connectivity index (χ1v) is 9.35. The summed E-state index contributed by atoms with van der Waals surface area (Å²) in [5.41, 5.74) is 0.727. The van der Waals surface area contributed by atoms with Gasteiger partial charge < -0.3 is 15.2 Å². The number of aromatic nitrogens is 2. The van der Waals surface area contributed by atoms with Gasteiger partial charge >= 0.3 is 6.03 Å². The Bertz CT molecular complexity index is 1110. The van der Waals surface area contributed by atoms with E-state index in [-0.39, 0.29) is 6.54 Å². The van der Waals surface area contributed by atoms with Gasteiger partial charge in [0.05, 0.1) is 17.6 Å². The van der Waals surface area contributed by atoms with E-state index in [0.717, 1.165) is 15.9 Å². The number of benzene rings is 2. The molecule has 8 nitrogen and oxygen atoms in total. The van der Waals surface area contributed by atoms with Gasteiger partial charge in [-0.05, 0) is 36.8 Å². The monoisotopic (exact) mass is 409 g/mol. The van der Waals surface area contributed by atoms with Gasteiger partial charge in [-0.15, -0.1) is 0 Å². The Hall–Kier alpha value is -3.75. The van der Waals surface area contributed by atoms with Gasteiger partial charge in [-0.1, -0.05) is 24.3 Å². The Labute approximate surface area is 171 Å². The van der Waals surface area contributed by atoms with Crippen LogP contribution in [-0.4, -0.2) is 51.2 Å². The molecule has 2 heterocycles. The number of nitrogens with zero attached hydrogens (tertiary/aromatic N) is 3. The zero-order chi connectivity index (χ0) is 21.5. The summed E-state index contributed by atoms with van der Waals surface area (Å²) in [7, 11) is 1.58. The molecule has 3 aromatic rings. The molecule has 2 aromatic carbocycles. The van der Waals surface area contributed by atoms with Crippen molar-refractivity contribution in [3.05, 3.63) is 65.7 Å². The predicted molar refractivity (Wildman–Crippen MR) is 107 cm³/mol. The molecule has 1 aliphatic heterocycles. The van der Waals surface area contributed by atoms with Crippen LogP contribution in [0.15, 0.2) is 48.5 Å². The zero-order valence-electron chi connectivity index (χ0n) is 16.5. The molecule has 2 N–H and O–H groups in total. The number of amides is 4. The minimum Gasteiger partial charge on any atom is -0.340 e. The highest BCUT2D eigenvalue weighted by Gasteiger charge is 2.49. The van der Waals surface area contributed by atoms with E-state index in [2.05, 4.69) is 15.3 Å². The van der Waals surface area contributed by atoms with Crippen LogP contribution in [-0.2, 0) is 21.7 Å². The lowest BCUT2D eigenvalue weighted by Gasteiger charge is -2.23. The number of nitrogens with one attached hydrogen (secondary N) is 2. The number of imidazole rings is 1. The third-order valence-corrected chi connectivity index (χ3v) is 5.24. The van der Waals surface area contributed by atoms with Crippen LogP contribution >= 0.6 is 0 Å². The third kappa shape index (κ3) is 3.38. The maximum atomic E-state index is 13.2. The molecular formula is C21H20FN5O3. The van der Waals surface area contributed by atoms with Crippen molar-refractivity contribution in [3.63, 3.8) is 0 Å². The minimum absolute atomic E-state index is 0.201. The Kier molecular flexibility index (Phi) is 4.73. The lowest BCUT2D eigenvalue weighted by molar-refractivity contribution is -0.138. The molecule has 1 fully saturated rings. The van der Waals surface area contributed by atoms with E-state index in [0.29, 0.717) is 11.4 Å². The number of hydrogen-bond donors (Lipinski definition) is 2. The lowest BCUT2D eigenvalue weighted by Crippen LogP contribution is -2.43. The number of rotatable bonds is 5. The van der Waals surface area contributed by atoms with Crippen LogP contribution in [0.5, 0.6) is 0 Å². The van der Waals surface area contributed by atoms with Crippen molar-refractivity contribution in [2.45, 2.75) is 19.0 Å². The molecule has 1 unspecified atom stereocenters. The van der Waals surface area contributed by atoms with E-state index in [1.807, 2.05) is 24.3 Å². The van der Waals surface area contributed by atoms with Crippen molar-refractivity contribution in [2.24, 2.45) is 0 Å². The number of fused-ring (bicyclic) bond motifs is 1. The van der Waals surface area contributed by atoms with Gasteiger partial charge in [0.15, 0.2) is 0 Å². The average Bonchev–Trinajstić information content (AvgIpc) is 3.22. The summed E-state index contributed by atoms with van der Waals surface area (Å²) in [5.74, 6) is -0.828. The highest BCUT2D eigenvalue weighted by atomic mass is 19.1. The maximum absolute atomic E-state index is 13.2. The third-order valence-electron chi connectivity index (χ3n) is 5.24. The van der Waals surface area contributed by atoms with Gasteiger partial charge in [-0.3, -0.25) is 14.5 Å². The largest absolute Gasteiger partial charge is 0.340 e. The zero-order valence-corrected chi connectivity index (χ0v) is 16.5. The molecule has 1 aliphatic rings. The van der Waals surface area contributed by atoms with E-state index in [4.69, 9.17) is 0 Å². The summed E-state index contributed by atoms with van der Waals surface area (Å²) in [6, 6.07) is 12.1. The normalized spacial score (nSPS) is 18.7. The summed E-state index contributed by atoms with van der Waals surface area (Å²) in [6.45, 7) is 1.33. The molecule has 1 atom stereocenters. The van der Waals surface area contributed by atoms with Gasteiger partial charge in [0.25, 0.3) is 5.91 Å².